The predicted molar refractivity (Wildman–Crippen MR) is 84.8 cm³/mol. The third-order valence-corrected chi connectivity index (χ3v) is 3.77. The SMILES string of the molecule is CN1C(=O)COc2c(C(=O)Nc3ccccc3Cl)cccc21. The van der Waals surface area contributed by atoms with Crippen molar-refractivity contribution in [1.82, 2.24) is 0 Å². The van der Waals surface area contributed by atoms with Gasteiger partial charge >= 0.3 is 0 Å². The van der Waals surface area contributed by atoms with Crippen LogP contribution in [0.5, 0.6) is 5.75 Å². The van der Waals surface area contributed by atoms with E-state index < -0.39 is 0 Å². The molecule has 0 bridgehead atoms. The van der Waals surface area contributed by atoms with Crippen molar-refractivity contribution >= 4 is 34.8 Å². The molecule has 0 spiro atoms. The van der Waals surface area contributed by atoms with E-state index in [-0.39, 0.29) is 18.4 Å². The molecule has 2 aromatic rings. The smallest absolute Gasteiger partial charge is 0.264 e. The molecule has 0 radical (unpaired) electrons. The molecule has 0 saturated heterocycles. The van der Waals surface area contributed by atoms with Crippen molar-refractivity contribution in [3.63, 3.8) is 0 Å². The molecular weight excluding hydrogens is 304 g/mol. The molecule has 2 amide bonds. The van der Waals surface area contributed by atoms with Gasteiger partial charge in [-0.3, -0.25) is 9.59 Å². The Morgan fingerprint density at radius 2 is 2.00 bits per heavy atom. The lowest BCUT2D eigenvalue weighted by Gasteiger charge is -2.27. The van der Waals surface area contributed by atoms with Crippen molar-refractivity contribution in [2.75, 3.05) is 23.9 Å². The Kier molecular flexibility index (Phi) is 3.73. The largest absolute Gasteiger partial charge is 0.481 e. The quantitative estimate of drug-likeness (QED) is 0.926. The molecule has 0 atom stereocenters. The van der Waals surface area contributed by atoms with Crippen molar-refractivity contribution in [2.45, 2.75) is 0 Å². The van der Waals surface area contributed by atoms with Crippen LogP contribution in [0.3, 0.4) is 0 Å². The lowest BCUT2D eigenvalue weighted by atomic mass is 10.1. The summed E-state index contributed by atoms with van der Waals surface area (Å²) < 4.78 is 5.44. The summed E-state index contributed by atoms with van der Waals surface area (Å²) in [7, 11) is 1.65. The van der Waals surface area contributed by atoms with Gasteiger partial charge < -0.3 is 15.0 Å². The Hall–Kier alpha value is -2.53. The molecule has 0 unspecified atom stereocenters. The number of ether oxygens (including phenoxy) is 1. The summed E-state index contributed by atoms with van der Waals surface area (Å²) in [6.45, 7) is -0.0834. The third-order valence-electron chi connectivity index (χ3n) is 3.44. The molecule has 2 aromatic carbocycles. The van der Waals surface area contributed by atoms with E-state index in [1.807, 2.05) is 0 Å². The molecule has 0 saturated carbocycles. The molecule has 1 aliphatic heterocycles. The van der Waals surface area contributed by atoms with E-state index in [0.29, 0.717) is 27.7 Å². The molecule has 1 N–H and O–H groups in total. The van der Waals surface area contributed by atoms with E-state index >= 15 is 0 Å². The van der Waals surface area contributed by atoms with Crippen LogP contribution in [0.25, 0.3) is 0 Å². The lowest BCUT2D eigenvalue weighted by molar-refractivity contribution is -0.121. The highest BCUT2D eigenvalue weighted by Gasteiger charge is 2.26. The van der Waals surface area contributed by atoms with Crippen LogP contribution in [0.2, 0.25) is 5.02 Å². The first kappa shape index (κ1) is 14.4. The van der Waals surface area contributed by atoms with Crippen LogP contribution >= 0.6 is 11.6 Å². The molecule has 5 nitrogen and oxygen atoms in total. The van der Waals surface area contributed by atoms with Crippen molar-refractivity contribution in [2.24, 2.45) is 0 Å². The number of carbonyl (C=O) groups excluding carboxylic acids is 2. The molecule has 0 aromatic heterocycles. The van der Waals surface area contributed by atoms with E-state index in [2.05, 4.69) is 5.32 Å². The molecule has 3 rings (SSSR count). The van der Waals surface area contributed by atoms with Crippen LogP contribution < -0.4 is 15.0 Å². The maximum Gasteiger partial charge on any atom is 0.264 e. The molecule has 22 heavy (non-hydrogen) atoms. The summed E-state index contributed by atoms with van der Waals surface area (Å²) in [6, 6.07) is 12.1. The number of para-hydroxylation sites is 2. The van der Waals surface area contributed by atoms with Crippen LogP contribution in [-0.4, -0.2) is 25.5 Å². The number of carbonyl (C=O) groups is 2. The number of fused-ring (bicyclic) bond motifs is 1. The minimum absolute atomic E-state index is 0.0834. The summed E-state index contributed by atoms with van der Waals surface area (Å²) >= 11 is 6.04. The Bertz CT molecular complexity index is 761. The van der Waals surface area contributed by atoms with Crippen LogP contribution in [0.4, 0.5) is 11.4 Å². The number of anilines is 2. The van der Waals surface area contributed by atoms with Gasteiger partial charge in [0, 0.05) is 7.05 Å². The van der Waals surface area contributed by atoms with Gasteiger partial charge in [-0.15, -0.1) is 0 Å². The van der Waals surface area contributed by atoms with Crippen LogP contribution in [0.15, 0.2) is 42.5 Å². The second kappa shape index (κ2) is 5.69. The Morgan fingerprint density at radius 3 is 2.77 bits per heavy atom. The number of amides is 2. The van der Waals surface area contributed by atoms with E-state index in [1.54, 1.807) is 49.5 Å². The number of hydrogen-bond acceptors (Lipinski definition) is 3. The third kappa shape index (κ3) is 2.51. The molecule has 6 heteroatoms. The van der Waals surface area contributed by atoms with Gasteiger partial charge in [0.1, 0.15) is 0 Å². The first-order valence-electron chi connectivity index (χ1n) is 6.66. The molecule has 1 aliphatic rings. The topological polar surface area (TPSA) is 58.6 Å². The van der Waals surface area contributed by atoms with Crippen LogP contribution in [-0.2, 0) is 4.79 Å². The number of nitrogens with one attached hydrogen (secondary N) is 1. The monoisotopic (exact) mass is 316 g/mol. The van der Waals surface area contributed by atoms with Gasteiger partial charge in [-0.25, -0.2) is 0 Å². The molecule has 0 aliphatic carbocycles. The Labute approximate surface area is 132 Å². The highest BCUT2D eigenvalue weighted by Crippen LogP contribution is 2.35. The summed E-state index contributed by atoms with van der Waals surface area (Å²) in [5.74, 6) is -0.0991. The van der Waals surface area contributed by atoms with Gasteiger partial charge in [-0.1, -0.05) is 29.8 Å². The van der Waals surface area contributed by atoms with Gasteiger partial charge in [0.2, 0.25) is 0 Å². The van der Waals surface area contributed by atoms with E-state index in [1.165, 1.54) is 4.90 Å². The summed E-state index contributed by atoms with van der Waals surface area (Å²) in [4.78, 5) is 25.6. The van der Waals surface area contributed by atoms with E-state index in [0.717, 1.165) is 0 Å². The predicted octanol–water partition coefficient (Wildman–Crippen LogP) is 2.95. The number of benzene rings is 2. The number of nitrogens with zero attached hydrogens (tertiary/aromatic N) is 1. The fourth-order valence-corrected chi connectivity index (χ4v) is 2.42. The first-order chi connectivity index (χ1) is 10.6. The minimum Gasteiger partial charge on any atom is -0.481 e. The molecule has 112 valence electrons. The van der Waals surface area contributed by atoms with Crippen molar-refractivity contribution in [3.05, 3.63) is 53.1 Å². The molecule has 1 heterocycles. The Balaban J connectivity index is 1.94. The van der Waals surface area contributed by atoms with E-state index in [9.17, 15) is 9.59 Å². The standard InChI is InChI=1S/C16H13ClN2O3/c1-19-13-8-4-5-10(15(13)22-9-14(19)20)16(21)18-12-7-3-2-6-11(12)17/h2-8H,9H2,1H3,(H,18,21). The molecular formula is C16H13ClN2O3. The normalized spacial score (nSPS) is 13.4. The average Bonchev–Trinajstić information content (AvgIpc) is 2.52. The van der Waals surface area contributed by atoms with E-state index in [4.69, 9.17) is 16.3 Å². The zero-order valence-corrected chi connectivity index (χ0v) is 12.6. The lowest BCUT2D eigenvalue weighted by Crippen LogP contribution is -2.36. The van der Waals surface area contributed by atoms with Gasteiger partial charge in [-0.2, -0.15) is 0 Å². The first-order valence-corrected chi connectivity index (χ1v) is 7.04. The number of rotatable bonds is 2. The minimum atomic E-state index is -0.340. The molecule has 0 fully saturated rings. The number of halogens is 1. The average molecular weight is 317 g/mol. The van der Waals surface area contributed by atoms with Crippen LogP contribution in [0.1, 0.15) is 10.4 Å². The van der Waals surface area contributed by atoms with Crippen molar-refractivity contribution < 1.29 is 14.3 Å². The van der Waals surface area contributed by atoms with Crippen molar-refractivity contribution in [1.29, 1.82) is 0 Å². The van der Waals surface area contributed by atoms with Crippen LogP contribution in [0, 0.1) is 0 Å². The number of likely N-dealkylation sites (N-methyl/N-ethyl adjacent to an activating group) is 1. The zero-order chi connectivity index (χ0) is 15.7. The summed E-state index contributed by atoms with van der Waals surface area (Å²) in [5, 5.41) is 3.20. The highest BCUT2D eigenvalue weighted by atomic mass is 35.5. The maximum atomic E-state index is 12.5. The van der Waals surface area contributed by atoms with Gasteiger partial charge in [0.05, 0.1) is 22.0 Å². The summed E-state index contributed by atoms with van der Waals surface area (Å²) in [6.07, 6.45) is 0. The fraction of sp³-hybridized carbons (Fsp3) is 0.125. The van der Waals surface area contributed by atoms with Crippen molar-refractivity contribution in [3.8, 4) is 5.75 Å². The second-order valence-corrected chi connectivity index (χ2v) is 5.24. The van der Waals surface area contributed by atoms with Gasteiger partial charge in [0.15, 0.2) is 12.4 Å². The highest BCUT2D eigenvalue weighted by molar-refractivity contribution is 6.34. The number of hydrogen-bond donors (Lipinski definition) is 1. The second-order valence-electron chi connectivity index (χ2n) is 4.83. The maximum absolute atomic E-state index is 12.5. The Morgan fingerprint density at radius 1 is 1.23 bits per heavy atom. The summed E-state index contributed by atoms with van der Waals surface area (Å²) in [5.41, 5.74) is 1.45. The van der Waals surface area contributed by atoms with Gasteiger partial charge in [-0.05, 0) is 24.3 Å². The zero-order valence-electron chi connectivity index (χ0n) is 11.8. The van der Waals surface area contributed by atoms with Gasteiger partial charge in [0.25, 0.3) is 11.8 Å². The fourth-order valence-electron chi connectivity index (χ4n) is 2.24.